The van der Waals surface area contributed by atoms with E-state index in [4.69, 9.17) is 14.7 Å². The largest absolute Gasteiger partial charge is 0.494 e. The van der Waals surface area contributed by atoms with Crippen LogP contribution in [0.25, 0.3) is 0 Å². The third-order valence-electron chi connectivity index (χ3n) is 2.71. The zero-order chi connectivity index (χ0) is 15.1. The Bertz CT molecular complexity index is 643. The van der Waals surface area contributed by atoms with Crippen LogP contribution in [-0.4, -0.2) is 27.9 Å². The topological polar surface area (TPSA) is 90.0 Å². The van der Waals surface area contributed by atoms with Gasteiger partial charge in [0.15, 0.2) is 12.0 Å². The van der Waals surface area contributed by atoms with E-state index in [0.29, 0.717) is 24.3 Å². The summed E-state index contributed by atoms with van der Waals surface area (Å²) in [5, 5.41) is 16.1. The summed E-state index contributed by atoms with van der Waals surface area (Å²) in [5.74, 6) is 1.38. The number of hydrogen-bond acceptors (Lipinski definition) is 6. The minimum atomic E-state index is 0.0167. The number of benzene rings is 1. The first-order valence-electron chi connectivity index (χ1n) is 6.38. The molecule has 7 nitrogen and oxygen atoms in total. The van der Waals surface area contributed by atoms with E-state index in [1.165, 1.54) is 4.68 Å². The molecule has 1 heterocycles. The van der Waals surface area contributed by atoms with E-state index in [-0.39, 0.29) is 18.8 Å². The Morgan fingerprint density at radius 2 is 1.95 bits per heavy atom. The lowest BCUT2D eigenvalue weighted by Gasteiger charge is -2.08. The Morgan fingerprint density at radius 1 is 1.29 bits per heavy atom. The van der Waals surface area contributed by atoms with E-state index < -0.39 is 0 Å². The lowest BCUT2D eigenvalue weighted by Crippen LogP contribution is -2.08. The van der Waals surface area contributed by atoms with Crippen molar-refractivity contribution in [3.63, 3.8) is 0 Å². The highest BCUT2D eigenvalue weighted by Gasteiger charge is 2.12. The van der Waals surface area contributed by atoms with E-state index >= 15 is 0 Å². The molecule has 0 atom stereocenters. The van der Waals surface area contributed by atoms with Gasteiger partial charge in [-0.05, 0) is 31.2 Å². The Labute approximate surface area is 121 Å². The van der Waals surface area contributed by atoms with Crippen molar-refractivity contribution in [3.8, 4) is 17.6 Å². The molecule has 0 amide bonds. The lowest BCUT2D eigenvalue weighted by molar-refractivity contribution is 0.111. The van der Waals surface area contributed by atoms with Gasteiger partial charge in [0.1, 0.15) is 30.3 Å². The van der Waals surface area contributed by atoms with Crippen LogP contribution in [0.4, 0.5) is 0 Å². The van der Waals surface area contributed by atoms with Gasteiger partial charge in [-0.15, -0.1) is 5.10 Å². The van der Waals surface area contributed by atoms with Crippen LogP contribution < -0.4 is 9.47 Å². The summed E-state index contributed by atoms with van der Waals surface area (Å²) in [5.41, 5.74) is 0.650. The van der Waals surface area contributed by atoms with Gasteiger partial charge in [-0.3, -0.25) is 4.79 Å². The molecular weight excluding hydrogens is 272 g/mol. The van der Waals surface area contributed by atoms with Crippen molar-refractivity contribution in [1.82, 2.24) is 15.0 Å². The number of aldehydes is 1. The van der Waals surface area contributed by atoms with Gasteiger partial charge in [-0.2, -0.15) is 5.26 Å². The normalized spacial score (nSPS) is 9.90. The molecule has 108 valence electrons. The first-order chi connectivity index (χ1) is 10.3. The van der Waals surface area contributed by atoms with E-state index in [2.05, 4.69) is 10.3 Å². The predicted octanol–water partition coefficient (Wildman–Crippen LogP) is 1.59. The number of carbonyl (C=O) groups excluding carboxylic acids is 1. The molecule has 0 aliphatic heterocycles. The summed E-state index contributed by atoms with van der Waals surface area (Å²) >= 11 is 0. The van der Waals surface area contributed by atoms with Gasteiger partial charge in [0, 0.05) is 0 Å². The SMILES string of the molecule is CCOc1ccc(OCc2c(C=O)nnn2CC#N)cc1. The number of hydrogen-bond donors (Lipinski definition) is 0. The van der Waals surface area contributed by atoms with Crippen molar-refractivity contribution in [3.05, 3.63) is 35.7 Å². The van der Waals surface area contributed by atoms with Crippen LogP contribution in [0.2, 0.25) is 0 Å². The highest BCUT2D eigenvalue weighted by atomic mass is 16.5. The number of rotatable bonds is 7. The Hall–Kier alpha value is -2.88. The first-order valence-corrected chi connectivity index (χ1v) is 6.38. The van der Waals surface area contributed by atoms with Gasteiger partial charge in [0.05, 0.1) is 12.7 Å². The number of aromatic nitrogens is 3. The van der Waals surface area contributed by atoms with Crippen molar-refractivity contribution in [2.75, 3.05) is 6.61 Å². The molecule has 1 aromatic heterocycles. The first kappa shape index (κ1) is 14.5. The van der Waals surface area contributed by atoms with Gasteiger partial charge >= 0.3 is 0 Å². The van der Waals surface area contributed by atoms with Crippen LogP contribution in [0.15, 0.2) is 24.3 Å². The number of ether oxygens (including phenoxy) is 2. The number of nitriles is 1. The van der Waals surface area contributed by atoms with Crippen molar-refractivity contribution in [1.29, 1.82) is 5.26 Å². The summed E-state index contributed by atoms with van der Waals surface area (Å²) in [4.78, 5) is 10.9. The summed E-state index contributed by atoms with van der Waals surface area (Å²) in [6.07, 6.45) is 0.595. The molecule has 0 spiro atoms. The highest BCUT2D eigenvalue weighted by molar-refractivity contribution is 5.73. The van der Waals surface area contributed by atoms with Crippen LogP contribution in [0.1, 0.15) is 23.1 Å². The molecule has 0 unspecified atom stereocenters. The Morgan fingerprint density at radius 3 is 2.52 bits per heavy atom. The van der Waals surface area contributed by atoms with Crippen molar-refractivity contribution >= 4 is 6.29 Å². The second-order valence-electron chi connectivity index (χ2n) is 4.05. The van der Waals surface area contributed by atoms with Crippen molar-refractivity contribution in [2.24, 2.45) is 0 Å². The third-order valence-corrected chi connectivity index (χ3v) is 2.71. The summed E-state index contributed by atoms with van der Waals surface area (Å²) in [6, 6.07) is 9.08. The highest BCUT2D eigenvalue weighted by Crippen LogP contribution is 2.19. The van der Waals surface area contributed by atoms with Crippen LogP contribution in [-0.2, 0) is 13.2 Å². The zero-order valence-electron chi connectivity index (χ0n) is 11.5. The molecule has 0 saturated heterocycles. The maximum Gasteiger partial charge on any atom is 0.172 e. The molecule has 1 aromatic carbocycles. The minimum Gasteiger partial charge on any atom is -0.494 e. The molecule has 0 aliphatic carbocycles. The summed E-state index contributed by atoms with van der Waals surface area (Å²) in [7, 11) is 0. The van der Waals surface area contributed by atoms with E-state index in [9.17, 15) is 4.79 Å². The Kier molecular flexibility index (Phi) is 4.88. The number of carbonyl (C=O) groups is 1. The average Bonchev–Trinajstić information content (AvgIpc) is 2.89. The standard InChI is InChI=1S/C14H14N4O3/c1-2-20-11-3-5-12(6-4-11)21-10-14-13(9-19)16-17-18(14)8-7-15/h3-6,9H,2,8,10H2,1H3. The molecular formula is C14H14N4O3. The molecule has 2 aromatic rings. The predicted molar refractivity (Wildman–Crippen MR) is 73.0 cm³/mol. The van der Waals surface area contributed by atoms with E-state index in [1.54, 1.807) is 24.3 Å². The number of nitrogens with zero attached hydrogens (tertiary/aromatic N) is 4. The second-order valence-corrected chi connectivity index (χ2v) is 4.05. The molecule has 0 saturated carbocycles. The maximum absolute atomic E-state index is 10.9. The minimum absolute atomic E-state index is 0.0167. The average molecular weight is 286 g/mol. The fraction of sp³-hybridized carbons (Fsp3) is 0.286. The smallest absolute Gasteiger partial charge is 0.172 e. The van der Waals surface area contributed by atoms with Crippen LogP contribution in [0.5, 0.6) is 11.5 Å². The van der Waals surface area contributed by atoms with Gasteiger partial charge in [-0.25, -0.2) is 4.68 Å². The fourth-order valence-electron chi connectivity index (χ4n) is 1.73. The van der Waals surface area contributed by atoms with Gasteiger partial charge < -0.3 is 9.47 Å². The molecule has 2 rings (SSSR count). The van der Waals surface area contributed by atoms with Crippen LogP contribution in [0.3, 0.4) is 0 Å². The quantitative estimate of drug-likeness (QED) is 0.718. The van der Waals surface area contributed by atoms with Crippen LogP contribution in [0, 0.1) is 11.3 Å². The lowest BCUT2D eigenvalue weighted by atomic mass is 10.3. The molecule has 0 radical (unpaired) electrons. The van der Waals surface area contributed by atoms with E-state index in [1.807, 2.05) is 13.0 Å². The van der Waals surface area contributed by atoms with Crippen LogP contribution >= 0.6 is 0 Å². The van der Waals surface area contributed by atoms with E-state index in [0.717, 1.165) is 5.75 Å². The summed E-state index contributed by atoms with van der Waals surface area (Å²) < 4.78 is 12.3. The Balaban J connectivity index is 2.07. The molecule has 0 N–H and O–H groups in total. The second kappa shape index (κ2) is 7.05. The fourth-order valence-corrected chi connectivity index (χ4v) is 1.73. The summed E-state index contributed by atoms with van der Waals surface area (Å²) in [6.45, 7) is 2.64. The molecule has 7 heteroatoms. The van der Waals surface area contributed by atoms with Gasteiger partial charge in [0.2, 0.25) is 0 Å². The van der Waals surface area contributed by atoms with Gasteiger partial charge in [0.25, 0.3) is 0 Å². The van der Waals surface area contributed by atoms with Crippen molar-refractivity contribution < 1.29 is 14.3 Å². The molecule has 0 aliphatic rings. The molecule has 0 fully saturated rings. The maximum atomic E-state index is 10.9. The zero-order valence-corrected chi connectivity index (χ0v) is 11.5. The molecule has 21 heavy (non-hydrogen) atoms. The van der Waals surface area contributed by atoms with Crippen molar-refractivity contribution in [2.45, 2.75) is 20.1 Å². The third kappa shape index (κ3) is 3.57. The monoisotopic (exact) mass is 286 g/mol. The van der Waals surface area contributed by atoms with Gasteiger partial charge in [-0.1, -0.05) is 5.21 Å². The molecule has 0 bridgehead atoms.